The molecule has 0 fully saturated rings. The molecule has 1 aliphatic heterocycles. The number of hydrogen-bond acceptors (Lipinski definition) is 6. The Balaban J connectivity index is 1.76. The van der Waals surface area contributed by atoms with E-state index < -0.39 is 0 Å². The quantitative estimate of drug-likeness (QED) is 0.845. The minimum absolute atomic E-state index is 0.725. The van der Waals surface area contributed by atoms with Gasteiger partial charge in [0.25, 0.3) is 0 Å². The average molecular weight is 304 g/mol. The summed E-state index contributed by atoms with van der Waals surface area (Å²) in [5.41, 5.74) is 1.28. The summed E-state index contributed by atoms with van der Waals surface area (Å²) in [4.78, 5) is 13.7. The fraction of sp³-hybridized carbons (Fsp3) is 0.467. The van der Waals surface area contributed by atoms with Gasteiger partial charge in [-0.3, -0.25) is 4.90 Å². The summed E-state index contributed by atoms with van der Waals surface area (Å²) in [7, 11) is 1.74. The number of rotatable bonds is 5. The Kier molecular flexibility index (Phi) is 4.80. The Labute approximate surface area is 129 Å². The Bertz CT molecular complexity index is 561. The molecule has 0 radical (unpaired) electrons. The second kappa shape index (κ2) is 6.98. The molecule has 0 spiro atoms. The van der Waals surface area contributed by atoms with Gasteiger partial charge < -0.3 is 9.64 Å². The average Bonchev–Trinajstić information content (AvgIpc) is 2.94. The van der Waals surface area contributed by atoms with E-state index in [1.54, 1.807) is 18.4 Å². The van der Waals surface area contributed by atoms with E-state index in [-0.39, 0.29) is 0 Å². The molecule has 0 atom stereocenters. The molecule has 5 nitrogen and oxygen atoms in total. The van der Waals surface area contributed by atoms with Gasteiger partial charge in [0.2, 0.25) is 0 Å². The van der Waals surface area contributed by atoms with Gasteiger partial charge in [-0.2, -0.15) is 0 Å². The van der Waals surface area contributed by atoms with E-state index in [9.17, 15) is 0 Å². The maximum Gasteiger partial charge on any atom is 0.133 e. The summed E-state index contributed by atoms with van der Waals surface area (Å²) < 4.78 is 5.22. The van der Waals surface area contributed by atoms with Crippen molar-refractivity contribution < 1.29 is 4.74 Å². The summed E-state index contributed by atoms with van der Waals surface area (Å²) in [6.45, 7) is 5.42. The first-order valence-electron chi connectivity index (χ1n) is 7.15. The van der Waals surface area contributed by atoms with Gasteiger partial charge >= 0.3 is 0 Å². The maximum absolute atomic E-state index is 5.22. The molecule has 2 aromatic heterocycles. The van der Waals surface area contributed by atoms with Gasteiger partial charge in [0.05, 0.1) is 13.2 Å². The molecule has 0 bridgehead atoms. The number of methoxy groups -OCH3 is 1. The summed E-state index contributed by atoms with van der Waals surface area (Å²) in [6.07, 6.45) is 3.74. The van der Waals surface area contributed by atoms with E-state index in [2.05, 4.69) is 25.8 Å². The van der Waals surface area contributed by atoms with Crippen LogP contribution in [0, 0.1) is 0 Å². The van der Waals surface area contributed by atoms with E-state index in [1.807, 2.05) is 23.8 Å². The zero-order valence-electron chi connectivity index (χ0n) is 12.2. The largest absolute Gasteiger partial charge is 0.383 e. The van der Waals surface area contributed by atoms with E-state index in [4.69, 9.17) is 4.74 Å². The molecule has 3 rings (SSSR count). The third-order valence-electron chi connectivity index (χ3n) is 3.65. The number of fused-ring (bicyclic) bond motifs is 1. The lowest BCUT2D eigenvalue weighted by Gasteiger charge is -2.23. The predicted octanol–water partition coefficient (Wildman–Crippen LogP) is 2.01. The van der Waals surface area contributed by atoms with Crippen molar-refractivity contribution in [1.29, 1.82) is 0 Å². The van der Waals surface area contributed by atoms with E-state index in [0.717, 1.165) is 45.1 Å². The van der Waals surface area contributed by atoms with Crippen molar-refractivity contribution in [2.24, 2.45) is 0 Å². The van der Waals surface area contributed by atoms with Crippen LogP contribution in [0.2, 0.25) is 0 Å². The Morgan fingerprint density at radius 1 is 1.29 bits per heavy atom. The number of hydrogen-bond donors (Lipinski definition) is 0. The van der Waals surface area contributed by atoms with Crippen molar-refractivity contribution in [2.45, 2.75) is 13.1 Å². The van der Waals surface area contributed by atoms with Crippen molar-refractivity contribution in [3.05, 3.63) is 40.5 Å². The van der Waals surface area contributed by atoms with Gasteiger partial charge in [0.1, 0.15) is 10.8 Å². The Hall–Kier alpha value is -1.50. The summed E-state index contributed by atoms with van der Waals surface area (Å²) in [5.74, 6) is 1.09. The fourth-order valence-corrected chi connectivity index (χ4v) is 3.26. The van der Waals surface area contributed by atoms with Crippen LogP contribution in [0.4, 0.5) is 5.82 Å². The molecule has 21 heavy (non-hydrogen) atoms. The van der Waals surface area contributed by atoms with Gasteiger partial charge in [-0.05, 0) is 6.07 Å². The van der Waals surface area contributed by atoms with Crippen LogP contribution in [-0.2, 0) is 17.8 Å². The highest BCUT2D eigenvalue weighted by atomic mass is 32.1. The van der Waals surface area contributed by atoms with E-state index >= 15 is 0 Å². The summed E-state index contributed by atoms with van der Waals surface area (Å²) in [6, 6.07) is 4.18. The van der Waals surface area contributed by atoms with Crippen LogP contribution in [0.1, 0.15) is 10.6 Å². The Morgan fingerprint density at radius 3 is 3.05 bits per heavy atom. The molecule has 0 saturated carbocycles. The molecule has 0 unspecified atom stereocenters. The maximum atomic E-state index is 5.22. The molecule has 3 heterocycles. The first-order valence-corrected chi connectivity index (χ1v) is 8.03. The molecule has 0 amide bonds. The smallest absolute Gasteiger partial charge is 0.133 e. The second-order valence-electron chi connectivity index (χ2n) is 5.10. The lowest BCUT2D eigenvalue weighted by atomic mass is 10.2. The van der Waals surface area contributed by atoms with Crippen molar-refractivity contribution in [3.8, 4) is 0 Å². The SMILES string of the molecule is COCCN1CCN(Cc2nccs2)Cc2cccnc21. The third kappa shape index (κ3) is 3.58. The van der Waals surface area contributed by atoms with Crippen LogP contribution in [0.15, 0.2) is 29.9 Å². The molecule has 0 aromatic carbocycles. The van der Waals surface area contributed by atoms with E-state index in [1.165, 1.54) is 10.6 Å². The molecule has 112 valence electrons. The number of thiazole rings is 1. The van der Waals surface area contributed by atoms with Crippen LogP contribution < -0.4 is 4.90 Å². The van der Waals surface area contributed by atoms with E-state index in [0.29, 0.717) is 0 Å². The van der Waals surface area contributed by atoms with Gasteiger partial charge in [0, 0.05) is 56.6 Å². The minimum atomic E-state index is 0.725. The molecule has 1 aliphatic rings. The fourth-order valence-electron chi connectivity index (χ4n) is 2.60. The van der Waals surface area contributed by atoms with Crippen LogP contribution in [-0.4, -0.2) is 48.2 Å². The molecule has 2 aromatic rings. The van der Waals surface area contributed by atoms with Gasteiger partial charge in [-0.1, -0.05) is 6.07 Å². The molecule has 0 N–H and O–H groups in total. The number of ether oxygens (including phenoxy) is 1. The van der Waals surface area contributed by atoms with Gasteiger partial charge in [-0.25, -0.2) is 9.97 Å². The lowest BCUT2D eigenvalue weighted by molar-refractivity contribution is 0.203. The van der Waals surface area contributed by atoms with Gasteiger partial charge in [-0.15, -0.1) is 11.3 Å². The monoisotopic (exact) mass is 304 g/mol. The van der Waals surface area contributed by atoms with Crippen molar-refractivity contribution in [3.63, 3.8) is 0 Å². The molecular formula is C15H20N4OS. The standard InChI is InChI=1S/C15H20N4OS/c1-20-9-8-19-7-6-18(12-14-16-5-10-21-14)11-13-3-2-4-17-15(13)19/h2-5,10H,6-9,11-12H2,1H3. The second-order valence-corrected chi connectivity index (χ2v) is 6.08. The molecular weight excluding hydrogens is 284 g/mol. The first-order chi connectivity index (χ1) is 10.4. The zero-order valence-corrected chi connectivity index (χ0v) is 13.1. The number of anilines is 1. The molecule has 0 saturated heterocycles. The van der Waals surface area contributed by atoms with Crippen molar-refractivity contribution >= 4 is 17.2 Å². The van der Waals surface area contributed by atoms with Crippen molar-refractivity contribution in [1.82, 2.24) is 14.9 Å². The summed E-state index contributed by atoms with van der Waals surface area (Å²) >= 11 is 1.72. The number of pyridine rings is 1. The lowest BCUT2D eigenvalue weighted by Crippen LogP contribution is -2.33. The van der Waals surface area contributed by atoms with Crippen LogP contribution in [0.25, 0.3) is 0 Å². The van der Waals surface area contributed by atoms with Crippen molar-refractivity contribution in [2.75, 3.05) is 38.3 Å². The van der Waals surface area contributed by atoms with Crippen LogP contribution in [0.3, 0.4) is 0 Å². The first kappa shape index (κ1) is 14.4. The van der Waals surface area contributed by atoms with Crippen LogP contribution in [0.5, 0.6) is 0 Å². The molecule has 0 aliphatic carbocycles. The third-order valence-corrected chi connectivity index (χ3v) is 4.42. The number of aromatic nitrogens is 2. The Morgan fingerprint density at radius 2 is 2.24 bits per heavy atom. The van der Waals surface area contributed by atoms with Crippen LogP contribution >= 0.6 is 11.3 Å². The highest BCUT2D eigenvalue weighted by molar-refractivity contribution is 7.09. The number of nitrogens with zero attached hydrogens (tertiary/aromatic N) is 4. The highest BCUT2D eigenvalue weighted by Gasteiger charge is 2.20. The highest BCUT2D eigenvalue weighted by Crippen LogP contribution is 2.23. The summed E-state index contributed by atoms with van der Waals surface area (Å²) in [5, 5.41) is 3.21. The van der Waals surface area contributed by atoms with Gasteiger partial charge in [0.15, 0.2) is 0 Å². The zero-order chi connectivity index (χ0) is 14.5. The topological polar surface area (TPSA) is 41.5 Å². The molecule has 6 heteroatoms. The minimum Gasteiger partial charge on any atom is -0.383 e. The predicted molar refractivity (Wildman–Crippen MR) is 84.6 cm³/mol. The normalized spacial score (nSPS) is 15.8.